The first-order valence-corrected chi connectivity index (χ1v) is 6.48. The van der Waals surface area contributed by atoms with Crippen LogP contribution in [0.25, 0.3) is 0 Å². The van der Waals surface area contributed by atoms with Gasteiger partial charge >= 0.3 is 0 Å². The van der Waals surface area contributed by atoms with Crippen LogP contribution in [0.5, 0.6) is 0 Å². The number of rotatable bonds is 3. The summed E-state index contributed by atoms with van der Waals surface area (Å²) in [7, 11) is 0. The third kappa shape index (κ3) is 2.60. The van der Waals surface area contributed by atoms with Crippen LogP contribution in [0.2, 0.25) is 5.02 Å². The summed E-state index contributed by atoms with van der Waals surface area (Å²) in [4.78, 5) is 14.2. The van der Waals surface area contributed by atoms with Crippen LogP contribution >= 0.6 is 11.6 Å². The molecule has 1 aromatic rings. The Morgan fingerprint density at radius 3 is 3.00 bits per heavy atom. The monoisotopic (exact) mass is 268 g/mol. The Morgan fingerprint density at radius 2 is 2.33 bits per heavy atom. The minimum absolute atomic E-state index is 0.0344. The molecule has 0 saturated carbocycles. The van der Waals surface area contributed by atoms with E-state index < -0.39 is 0 Å². The highest BCUT2D eigenvalue weighted by Gasteiger charge is 2.28. The second-order valence-corrected chi connectivity index (χ2v) is 4.95. The molecule has 1 aromatic carbocycles. The van der Waals surface area contributed by atoms with E-state index in [2.05, 4.69) is 0 Å². The van der Waals surface area contributed by atoms with Crippen molar-refractivity contribution in [1.82, 2.24) is 4.90 Å². The molecule has 3 N–H and O–H groups in total. The Hall–Kier alpha value is -1.26. The van der Waals surface area contributed by atoms with Gasteiger partial charge in [0.25, 0.3) is 5.91 Å². The molecule has 5 heteroatoms. The average molecular weight is 269 g/mol. The predicted octanol–water partition coefficient (Wildman–Crippen LogP) is 1.91. The number of carbonyl (C=O) groups is 1. The molecule has 98 valence electrons. The number of nitrogen functional groups attached to an aromatic ring is 1. The number of hydrogen-bond acceptors (Lipinski definition) is 3. The van der Waals surface area contributed by atoms with Crippen molar-refractivity contribution in [2.45, 2.75) is 25.3 Å². The van der Waals surface area contributed by atoms with E-state index in [9.17, 15) is 4.79 Å². The third-order valence-corrected chi connectivity index (χ3v) is 3.68. The van der Waals surface area contributed by atoms with Gasteiger partial charge < -0.3 is 15.7 Å². The van der Waals surface area contributed by atoms with Gasteiger partial charge in [0.2, 0.25) is 0 Å². The van der Waals surface area contributed by atoms with Gasteiger partial charge in [-0.2, -0.15) is 0 Å². The van der Waals surface area contributed by atoms with E-state index in [0.29, 0.717) is 22.7 Å². The van der Waals surface area contributed by atoms with Crippen LogP contribution in [0, 0.1) is 0 Å². The number of nitrogens with zero attached hydrogens (tertiary/aromatic N) is 1. The minimum atomic E-state index is -0.0344. The van der Waals surface area contributed by atoms with Crippen molar-refractivity contribution in [3.63, 3.8) is 0 Å². The molecule has 0 bridgehead atoms. The fourth-order valence-electron chi connectivity index (χ4n) is 2.38. The normalized spacial score (nSPS) is 19.2. The van der Waals surface area contributed by atoms with Crippen LogP contribution in [0.4, 0.5) is 5.69 Å². The summed E-state index contributed by atoms with van der Waals surface area (Å²) in [5.74, 6) is -0.0344. The summed E-state index contributed by atoms with van der Waals surface area (Å²) in [5, 5.41) is 9.40. The molecule has 1 fully saturated rings. The molecule has 2 rings (SSSR count). The standard InChI is InChI=1S/C13H17ClN2O2/c14-11-8-9(3-4-12(11)15)13(18)16-6-1-2-10(16)5-7-17/h3-4,8,10,17H,1-2,5-7,15H2. The van der Waals surface area contributed by atoms with Gasteiger partial charge in [0, 0.05) is 24.8 Å². The number of amides is 1. The van der Waals surface area contributed by atoms with Gasteiger partial charge in [-0.15, -0.1) is 0 Å². The van der Waals surface area contributed by atoms with Crippen LogP contribution in [0.3, 0.4) is 0 Å². The van der Waals surface area contributed by atoms with Crippen LogP contribution in [0.15, 0.2) is 18.2 Å². The fraction of sp³-hybridized carbons (Fsp3) is 0.462. The van der Waals surface area contributed by atoms with Crippen LogP contribution in [-0.4, -0.2) is 35.1 Å². The molecule has 0 aliphatic carbocycles. The van der Waals surface area contributed by atoms with Crippen molar-refractivity contribution in [2.75, 3.05) is 18.9 Å². The second-order valence-electron chi connectivity index (χ2n) is 4.54. The third-order valence-electron chi connectivity index (χ3n) is 3.35. The van der Waals surface area contributed by atoms with E-state index in [4.69, 9.17) is 22.4 Å². The molecule has 0 spiro atoms. The maximum atomic E-state index is 12.3. The number of aliphatic hydroxyl groups is 1. The van der Waals surface area contributed by atoms with Crippen molar-refractivity contribution in [1.29, 1.82) is 0 Å². The molecular formula is C13H17ClN2O2. The molecule has 1 heterocycles. The first-order valence-electron chi connectivity index (χ1n) is 6.10. The summed E-state index contributed by atoms with van der Waals surface area (Å²) in [5.41, 5.74) is 6.66. The lowest BCUT2D eigenvalue weighted by atomic mass is 10.1. The Bertz CT molecular complexity index is 451. The molecule has 0 radical (unpaired) electrons. The van der Waals surface area contributed by atoms with Gasteiger partial charge in [-0.25, -0.2) is 0 Å². The van der Waals surface area contributed by atoms with E-state index in [1.54, 1.807) is 18.2 Å². The lowest BCUT2D eigenvalue weighted by Gasteiger charge is -2.24. The van der Waals surface area contributed by atoms with E-state index in [1.165, 1.54) is 0 Å². The zero-order chi connectivity index (χ0) is 13.1. The van der Waals surface area contributed by atoms with Crippen molar-refractivity contribution < 1.29 is 9.90 Å². The second kappa shape index (κ2) is 5.59. The van der Waals surface area contributed by atoms with Crippen LogP contribution in [-0.2, 0) is 0 Å². The largest absolute Gasteiger partial charge is 0.398 e. The van der Waals surface area contributed by atoms with Crippen molar-refractivity contribution >= 4 is 23.2 Å². The molecule has 4 nitrogen and oxygen atoms in total. The van der Waals surface area contributed by atoms with Gasteiger partial charge in [-0.1, -0.05) is 11.6 Å². The lowest BCUT2D eigenvalue weighted by Crippen LogP contribution is -2.36. The zero-order valence-electron chi connectivity index (χ0n) is 10.1. The predicted molar refractivity (Wildman–Crippen MR) is 71.6 cm³/mol. The van der Waals surface area contributed by atoms with E-state index in [1.807, 2.05) is 4.90 Å². The van der Waals surface area contributed by atoms with Gasteiger partial charge in [-0.05, 0) is 37.5 Å². The number of benzene rings is 1. The molecule has 1 aliphatic heterocycles. The Kier molecular flexibility index (Phi) is 4.09. The first-order chi connectivity index (χ1) is 8.63. The number of anilines is 1. The quantitative estimate of drug-likeness (QED) is 0.823. The number of halogens is 1. The smallest absolute Gasteiger partial charge is 0.254 e. The SMILES string of the molecule is Nc1ccc(C(=O)N2CCCC2CCO)cc1Cl. The molecule has 0 aromatic heterocycles. The van der Waals surface area contributed by atoms with Gasteiger partial charge in [0.1, 0.15) is 0 Å². The first kappa shape index (κ1) is 13.2. The minimum Gasteiger partial charge on any atom is -0.398 e. The number of likely N-dealkylation sites (tertiary alicyclic amines) is 1. The number of nitrogens with two attached hydrogens (primary N) is 1. The van der Waals surface area contributed by atoms with Crippen LogP contribution in [0.1, 0.15) is 29.6 Å². The van der Waals surface area contributed by atoms with Crippen molar-refractivity contribution in [3.8, 4) is 0 Å². The van der Waals surface area contributed by atoms with Gasteiger partial charge in [0.05, 0.1) is 10.7 Å². The summed E-state index contributed by atoms with van der Waals surface area (Å²) in [6, 6.07) is 5.08. The summed E-state index contributed by atoms with van der Waals surface area (Å²) in [6.07, 6.45) is 2.57. The number of carbonyl (C=O) groups excluding carboxylic acids is 1. The Labute approximate surface area is 111 Å². The van der Waals surface area contributed by atoms with Crippen molar-refractivity contribution in [2.24, 2.45) is 0 Å². The van der Waals surface area contributed by atoms with Gasteiger partial charge in [0.15, 0.2) is 0 Å². The summed E-state index contributed by atoms with van der Waals surface area (Å²) in [6.45, 7) is 0.850. The summed E-state index contributed by atoms with van der Waals surface area (Å²) >= 11 is 5.93. The van der Waals surface area contributed by atoms with E-state index >= 15 is 0 Å². The van der Waals surface area contributed by atoms with Crippen LogP contribution < -0.4 is 5.73 Å². The molecule has 1 saturated heterocycles. The molecule has 1 aliphatic rings. The van der Waals surface area contributed by atoms with E-state index in [0.717, 1.165) is 19.4 Å². The Morgan fingerprint density at radius 1 is 1.56 bits per heavy atom. The van der Waals surface area contributed by atoms with Gasteiger partial charge in [-0.3, -0.25) is 4.79 Å². The fourth-order valence-corrected chi connectivity index (χ4v) is 2.56. The molecule has 18 heavy (non-hydrogen) atoms. The van der Waals surface area contributed by atoms with E-state index in [-0.39, 0.29) is 18.6 Å². The highest BCUT2D eigenvalue weighted by Crippen LogP contribution is 2.25. The number of aliphatic hydroxyl groups excluding tert-OH is 1. The highest BCUT2D eigenvalue weighted by molar-refractivity contribution is 6.33. The number of hydrogen-bond donors (Lipinski definition) is 2. The lowest BCUT2D eigenvalue weighted by molar-refractivity contribution is 0.0716. The average Bonchev–Trinajstić information content (AvgIpc) is 2.80. The highest BCUT2D eigenvalue weighted by atomic mass is 35.5. The maximum Gasteiger partial charge on any atom is 0.254 e. The summed E-state index contributed by atoms with van der Waals surface area (Å²) < 4.78 is 0. The Balaban J connectivity index is 2.17. The maximum absolute atomic E-state index is 12.3. The zero-order valence-corrected chi connectivity index (χ0v) is 10.9. The topological polar surface area (TPSA) is 66.6 Å². The molecule has 1 unspecified atom stereocenters. The molecule has 1 amide bonds. The molecule has 1 atom stereocenters. The molecular weight excluding hydrogens is 252 g/mol. The van der Waals surface area contributed by atoms with Crippen molar-refractivity contribution in [3.05, 3.63) is 28.8 Å².